The summed E-state index contributed by atoms with van der Waals surface area (Å²) in [5, 5.41) is 37.4. The van der Waals surface area contributed by atoms with E-state index in [1.807, 2.05) is 35.8 Å². The van der Waals surface area contributed by atoms with Crippen LogP contribution in [-0.4, -0.2) is 54.1 Å². The Labute approximate surface area is 333 Å². The number of halogens is 1. The number of hydrogen-bond acceptors (Lipinski definition) is 10. The second-order valence-corrected chi connectivity index (χ2v) is 15.4. The van der Waals surface area contributed by atoms with Gasteiger partial charge >= 0.3 is 5.97 Å². The molecule has 8 rings (SSSR count). The third-order valence-electron chi connectivity index (χ3n) is 9.68. The maximum Gasteiger partial charge on any atom is 0.336 e. The Bertz CT molecular complexity index is 2820. The number of aromatic carboxylic acids is 1. The van der Waals surface area contributed by atoms with Crippen LogP contribution in [-0.2, 0) is 4.79 Å². The second kappa shape index (κ2) is 14.5. The Morgan fingerprint density at radius 3 is 2.50 bits per heavy atom. The molecule has 1 aliphatic carbocycles. The number of aryl methyl sites for hydroxylation is 2. The van der Waals surface area contributed by atoms with E-state index in [1.165, 1.54) is 30.3 Å². The normalized spacial score (nSPS) is 13.5. The molecule has 0 radical (unpaired) electrons. The summed E-state index contributed by atoms with van der Waals surface area (Å²) in [6.45, 7) is 5.87. The first kappa shape index (κ1) is 36.7. The molecule has 280 valence electrons. The van der Waals surface area contributed by atoms with Crippen molar-refractivity contribution >= 4 is 74.4 Å². The number of thiophene rings is 1. The van der Waals surface area contributed by atoms with E-state index in [0.717, 1.165) is 32.3 Å². The lowest BCUT2D eigenvalue weighted by molar-refractivity contribution is -0.118. The highest BCUT2D eigenvalue weighted by molar-refractivity contribution is 7.80. The molecule has 5 aromatic rings. The number of fused-ring (bicyclic) bond motifs is 5. The number of aromatic hydroxyl groups is 1. The highest BCUT2D eigenvalue weighted by Crippen LogP contribution is 2.43. The molecule has 0 spiro atoms. The smallest absolute Gasteiger partial charge is 0.336 e. The van der Waals surface area contributed by atoms with E-state index in [2.05, 4.69) is 34.7 Å². The number of aromatic nitrogens is 3. The van der Waals surface area contributed by atoms with Crippen molar-refractivity contribution in [3.63, 3.8) is 0 Å². The largest absolute Gasteiger partial charge is 0.508 e. The summed E-state index contributed by atoms with van der Waals surface area (Å²) in [5.41, 5.74) is 5.35. The number of carbonyl (C=O) groups is 2. The number of ketones is 1. The van der Waals surface area contributed by atoms with Gasteiger partial charge in [-0.15, -0.1) is 21.5 Å². The van der Waals surface area contributed by atoms with Crippen LogP contribution in [0.25, 0.3) is 38.4 Å². The van der Waals surface area contributed by atoms with Gasteiger partial charge in [0, 0.05) is 61.8 Å². The maximum absolute atomic E-state index is 13.6. The molecule has 2 aromatic heterocycles. The number of phenols is 1. The van der Waals surface area contributed by atoms with Gasteiger partial charge in [-0.2, -0.15) is 0 Å². The summed E-state index contributed by atoms with van der Waals surface area (Å²) in [6, 6.07) is 20.3. The molecule has 0 fully saturated rings. The predicted molar refractivity (Wildman–Crippen MR) is 220 cm³/mol. The predicted octanol–water partition coefficient (Wildman–Crippen LogP) is 8.03. The van der Waals surface area contributed by atoms with Gasteiger partial charge in [0.2, 0.25) is 0 Å². The van der Waals surface area contributed by atoms with Crippen LogP contribution in [0.3, 0.4) is 0 Å². The molecule has 3 aliphatic rings. The fourth-order valence-corrected chi connectivity index (χ4v) is 8.47. The lowest BCUT2D eigenvalue weighted by Gasteiger charge is -2.18. The number of Topliss-reactive ketones (excluding diaryl/α,β-unsaturated/α-hetero) is 1. The van der Waals surface area contributed by atoms with Crippen molar-refractivity contribution in [2.75, 3.05) is 11.9 Å². The molecule has 0 saturated carbocycles. The van der Waals surface area contributed by atoms with Crippen LogP contribution in [0.15, 0.2) is 93.1 Å². The van der Waals surface area contributed by atoms with E-state index < -0.39 is 12.0 Å². The number of nitrogens with zero attached hydrogens (tertiary/aromatic N) is 4. The molecule has 0 amide bonds. The summed E-state index contributed by atoms with van der Waals surface area (Å²) in [5.74, 6) is 0.0398. The molecular weight excluding hydrogens is 772 g/mol. The fourth-order valence-electron chi connectivity index (χ4n) is 6.94. The SMILES string of the molecule is Cc1sc2c(c1C)C(c1ccc(Cl)cc1)=N[C@@H](CC(=O)CNC(=S)Nc1ccc(-c3c4ccc(=O)cc-4oc4cc(O)ccc34)c(C(=O)O)c1)c1nnc(C)n1-2. The first-order valence-corrected chi connectivity index (χ1v) is 19.0. The number of nitrogens with one attached hydrogen (secondary N) is 2. The zero-order chi connectivity index (χ0) is 39.4. The summed E-state index contributed by atoms with van der Waals surface area (Å²) < 4.78 is 7.90. The summed E-state index contributed by atoms with van der Waals surface area (Å²) in [7, 11) is 0. The minimum absolute atomic E-state index is 0.00650. The van der Waals surface area contributed by atoms with Crippen LogP contribution < -0.4 is 16.1 Å². The topological polar surface area (TPSA) is 172 Å². The molecule has 0 unspecified atom stereocenters. The number of carboxylic acid groups (broad SMARTS) is 1. The average molecular weight is 803 g/mol. The lowest BCUT2D eigenvalue weighted by Crippen LogP contribution is -2.33. The Kier molecular flexibility index (Phi) is 9.48. The van der Waals surface area contributed by atoms with Crippen molar-refractivity contribution in [2.24, 2.45) is 4.99 Å². The zero-order valence-corrected chi connectivity index (χ0v) is 32.4. The van der Waals surface area contributed by atoms with Crippen molar-refractivity contribution in [2.45, 2.75) is 33.2 Å². The van der Waals surface area contributed by atoms with Gasteiger partial charge in [-0.3, -0.25) is 19.1 Å². The molecule has 4 N–H and O–H groups in total. The van der Waals surface area contributed by atoms with Crippen molar-refractivity contribution in [1.82, 2.24) is 20.1 Å². The van der Waals surface area contributed by atoms with Gasteiger partial charge in [0.05, 0.1) is 17.8 Å². The quantitative estimate of drug-likeness (QED) is 0.0866. The number of aliphatic imine (C=N–C) groups is 1. The lowest BCUT2D eigenvalue weighted by atomic mass is 9.90. The third-order valence-corrected chi connectivity index (χ3v) is 11.4. The van der Waals surface area contributed by atoms with Crippen molar-refractivity contribution in [3.8, 4) is 33.2 Å². The van der Waals surface area contributed by atoms with E-state index in [9.17, 15) is 24.6 Å². The minimum atomic E-state index is -1.20. The molecule has 56 heavy (non-hydrogen) atoms. The minimum Gasteiger partial charge on any atom is -0.508 e. The summed E-state index contributed by atoms with van der Waals surface area (Å²) >= 11 is 13.4. The van der Waals surface area contributed by atoms with Crippen LogP contribution in [0.2, 0.25) is 5.02 Å². The van der Waals surface area contributed by atoms with Gasteiger partial charge in [-0.05, 0) is 92.6 Å². The Balaban J connectivity index is 1.04. The highest BCUT2D eigenvalue weighted by atomic mass is 35.5. The Morgan fingerprint density at radius 2 is 1.73 bits per heavy atom. The standard InChI is InChI=1S/C41H31ClN6O6S2/c1-19-20(2)56-39-35(19)37(22-4-6-23(42)7-5-22)45-32(38-47-46-21(3)48(38)39)15-27(51)18-43-41(55)44-24-8-11-28(31(14-24)40(52)53)36-29-12-9-25(49)16-33(29)54-34-17-26(50)10-13-30(34)36/h4-14,16-17,32,49H,15,18H2,1-3H3,(H,52,53)(H2,43,44,55)/t32-/m0/s1. The van der Waals surface area contributed by atoms with Crippen LogP contribution in [0, 0.1) is 20.8 Å². The van der Waals surface area contributed by atoms with E-state index in [-0.39, 0.29) is 51.9 Å². The van der Waals surface area contributed by atoms with Gasteiger partial charge < -0.3 is 25.3 Å². The number of hydrogen-bond donors (Lipinski definition) is 4. The first-order chi connectivity index (χ1) is 26.9. The van der Waals surface area contributed by atoms with Gasteiger partial charge in [0.25, 0.3) is 0 Å². The molecule has 0 bridgehead atoms. The number of phenolic OH excluding ortho intramolecular Hbond substituents is 1. The summed E-state index contributed by atoms with van der Waals surface area (Å²) in [6.07, 6.45) is 0.00650. The number of thiocarbonyl (C=S) groups is 1. The van der Waals surface area contributed by atoms with Crippen LogP contribution in [0.1, 0.15) is 56.0 Å². The van der Waals surface area contributed by atoms with E-state index in [0.29, 0.717) is 44.4 Å². The molecule has 4 heterocycles. The Morgan fingerprint density at radius 1 is 0.964 bits per heavy atom. The number of carboxylic acids is 1. The van der Waals surface area contributed by atoms with Gasteiger partial charge in [0.15, 0.2) is 22.1 Å². The van der Waals surface area contributed by atoms with E-state index in [4.69, 9.17) is 33.2 Å². The fraction of sp³-hybridized carbons (Fsp3) is 0.146. The van der Waals surface area contributed by atoms with E-state index in [1.54, 1.807) is 35.6 Å². The number of carbonyl (C=O) groups excluding carboxylic acids is 1. The maximum atomic E-state index is 13.6. The molecular formula is C41H31ClN6O6S2. The van der Waals surface area contributed by atoms with Crippen molar-refractivity contribution in [3.05, 3.63) is 133 Å². The van der Waals surface area contributed by atoms with Gasteiger partial charge in [-0.1, -0.05) is 29.8 Å². The first-order valence-electron chi connectivity index (χ1n) is 17.4. The number of rotatable bonds is 8. The molecule has 15 heteroatoms. The zero-order valence-electron chi connectivity index (χ0n) is 30.0. The average Bonchev–Trinajstić information content (AvgIpc) is 3.64. The van der Waals surface area contributed by atoms with E-state index >= 15 is 0 Å². The van der Waals surface area contributed by atoms with Crippen LogP contribution >= 0.6 is 35.2 Å². The number of anilines is 1. The van der Waals surface area contributed by atoms with Gasteiger partial charge in [0.1, 0.15) is 34.0 Å². The van der Waals surface area contributed by atoms with Crippen LogP contribution in [0.5, 0.6) is 5.75 Å². The molecule has 1 atom stereocenters. The molecule has 2 aliphatic heterocycles. The second-order valence-electron chi connectivity index (χ2n) is 13.3. The van der Waals surface area contributed by atoms with Gasteiger partial charge in [-0.25, -0.2) is 4.79 Å². The third kappa shape index (κ3) is 6.72. The summed E-state index contributed by atoms with van der Waals surface area (Å²) in [4.78, 5) is 44.8. The molecule has 12 nitrogen and oxygen atoms in total. The Hall–Kier alpha value is -6.22. The molecule has 3 aromatic carbocycles. The van der Waals surface area contributed by atoms with Crippen molar-refractivity contribution in [1.29, 1.82) is 0 Å². The van der Waals surface area contributed by atoms with Crippen molar-refractivity contribution < 1.29 is 24.2 Å². The molecule has 0 saturated heterocycles. The highest BCUT2D eigenvalue weighted by Gasteiger charge is 2.32. The number of benzene rings is 4. The monoisotopic (exact) mass is 802 g/mol. The van der Waals surface area contributed by atoms with Crippen LogP contribution in [0.4, 0.5) is 5.69 Å².